The monoisotopic (exact) mass is 246 g/mol. The van der Waals surface area contributed by atoms with Crippen molar-refractivity contribution in [3.05, 3.63) is 21.4 Å². The maximum atomic E-state index is 11.9. The van der Waals surface area contributed by atoms with Gasteiger partial charge in [-0.1, -0.05) is 0 Å². The summed E-state index contributed by atoms with van der Waals surface area (Å²) in [5.74, 6) is -0.298. The van der Waals surface area contributed by atoms with Gasteiger partial charge in [0, 0.05) is 11.1 Å². The SMILES string of the molecule is Cc1cc(C)c(C(=O)C(C)S(C)(=O)=O)s1. The highest BCUT2D eigenvalue weighted by atomic mass is 32.2. The Hall–Kier alpha value is -0.680. The van der Waals surface area contributed by atoms with Crippen LogP contribution in [0.5, 0.6) is 0 Å². The van der Waals surface area contributed by atoms with Crippen molar-refractivity contribution in [3.63, 3.8) is 0 Å². The van der Waals surface area contributed by atoms with E-state index in [0.717, 1.165) is 16.7 Å². The highest BCUT2D eigenvalue weighted by Gasteiger charge is 2.26. The molecular weight excluding hydrogens is 232 g/mol. The molecule has 0 aliphatic carbocycles. The summed E-state index contributed by atoms with van der Waals surface area (Å²) in [6, 6.07) is 1.90. The van der Waals surface area contributed by atoms with Gasteiger partial charge in [-0.15, -0.1) is 11.3 Å². The first-order chi connectivity index (χ1) is 6.73. The first kappa shape index (κ1) is 12.4. The molecule has 0 N–H and O–H groups in total. The number of sulfone groups is 1. The minimum Gasteiger partial charge on any atom is -0.292 e. The molecule has 1 aromatic heterocycles. The lowest BCUT2D eigenvalue weighted by Gasteiger charge is -2.06. The van der Waals surface area contributed by atoms with Gasteiger partial charge in [0.1, 0.15) is 5.25 Å². The number of ketones is 1. The smallest absolute Gasteiger partial charge is 0.190 e. The van der Waals surface area contributed by atoms with Crippen LogP contribution in [0.2, 0.25) is 0 Å². The highest BCUT2D eigenvalue weighted by molar-refractivity contribution is 7.92. The Kier molecular flexibility index (Phi) is 3.35. The van der Waals surface area contributed by atoms with E-state index in [2.05, 4.69) is 0 Å². The van der Waals surface area contributed by atoms with Gasteiger partial charge < -0.3 is 0 Å². The van der Waals surface area contributed by atoms with Crippen LogP contribution in [-0.4, -0.2) is 25.7 Å². The molecule has 5 heteroatoms. The third kappa shape index (κ3) is 2.66. The van der Waals surface area contributed by atoms with E-state index < -0.39 is 15.1 Å². The fraction of sp³-hybridized carbons (Fsp3) is 0.500. The van der Waals surface area contributed by atoms with Crippen molar-refractivity contribution in [3.8, 4) is 0 Å². The summed E-state index contributed by atoms with van der Waals surface area (Å²) >= 11 is 1.35. The number of aryl methyl sites for hydroxylation is 2. The van der Waals surface area contributed by atoms with Gasteiger partial charge in [-0.05, 0) is 32.4 Å². The molecule has 84 valence electrons. The predicted molar refractivity (Wildman–Crippen MR) is 62.4 cm³/mol. The van der Waals surface area contributed by atoms with Gasteiger partial charge >= 0.3 is 0 Å². The molecule has 3 nitrogen and oxygen atoms in total. The number of carbonyl (C=O) groups is 1. The summed E-state index contributed by atoms with van der Waals surface area (Å²) in [7, 11) is -3.30. The van der Waals surface area contributed by atoms with Crippen LogP contribution >= 0.6 is 11.3 Å². The first-order valence-electron chi connectivity index (χ1n) is 4.53. The molecule has 0 bridgehead atoms. The fourth-order valence-electron chi connectivity index (χ4n) is 1.27. The number of rotatable bonds is 3. The number of carbonyl (C=O) groups excluding carboxylic acids is 1. The van der Waals surface area contributed by atoms with Crippen molar-refractivity contribution in [2.75, 3.05) is 6.26 Å². The Morgan fingerprint density at radius 3 is 2.27 bits per heavy atom. The summed E-state index contributed by atoms with van der Waals surface area (Å²) in [4.78, 5) is 13.4. The second-order valence-corrected chi connectivity index (χ2v) is 7.33. The lowest BCUT2D eigenvalue weighted by Crippen LogP contribution is -2.26. The van der Waals surface area contributed by atoms with Crippen LogP contribution in [0.15, 0.2) is 6.07 Å². The van der Waals surface area contributed by atoms with Gasteiger partial charge in [-0.2, -0.15) is 0 Å². The zero-order valence-electron chi connectivity index (χ0n) is 9.20. The molecule has 1 atom stereocenters. The Bertz CT molecular complexity index is 483. The Morgan fingerprint density at radius 1 is 1.40 bits per heavy atom. The molecule has 1 heterocycles. The Morgan fingerprint density at radius 2 is 1.93 bits per heavy atom. The van der Waals surface area contributed by atoms with Gasteiger partial charge in [0.25, 0.3) is 0 Å². The van der Waals surface area contributed by atoms with E-state index in [9.17, 15) is 13.2 Å². The second-order valence-electron chi connectivity index (χ2n) is 3.71. The minimum atomic E-state index is -3.30. The third-order valence-corrected chi connectivity index (χ3v) is 4.94. The predicted octanol–water partition coefficient (Wildman–Crippen LogP) is 1.98. The van der Waals surface area contributed by atoms with Crippen LogP contribution in [-0.2, 0) is 9.84 Å². The topological polar surface area (TPSA) is 51.2 Å². The van der Waals surface area contributed by atoms with Crippen molar-refractivity contribution in [1.82, 2.24) is 0 Å². The van der Waals surface area contributed by atoms with Crippen LogP contribution in [0.1, 0.15) is 27.0 Å². The van der Waals surface area contributed by atoms with E-state index in [-0.39, 0.29) is 5.78 Å². The molecule has 1 aromatic rings. The zero-order valence-corrected chi connectivity index (χ0v) is 10.8. The molecule has 1 rings (SSSR count). The van der Waals surface area contributed by atoms with E-state index in [1.165, 1.54) is 18.3 Å². The molecule has 1 unspecified atom stereocenters. The average Bonchev–Trinajstić information content (AvgIpc) is 2.41. The number of hydrogen-bond acceptors (Lipinski definition) is 4. The number of hydrogen-bond donors (Lipinski definition) is 0. The van der Waals surface area contributed by atoms with E-state index in [1.54, 1.807) is 0 Å². The molecule has 0 amide bonds. The normalized spacial score (nSPS) is 13.9. The van der Waals surface area contributed by atoms with Gasteiger partial charge in [0.15, 0.2) is 15.6 Å². The lowest BCUT2D eigenvalue weighted by molar-refractivity contribution is 0.0995. The van der Waals surface area contributed by atoms with Crippen LogP contribution in [0.3, 0.4) is 0 Å². The van der Waals surface area contributed by atoms with E-state index in [4.69, 9.17) is 0 Å². The van der Waals surface area contributed by atoms with Crippen molar-refractivity contribution in [2.24, 2.45) is 0 Å². The maximum absolute atomic E-state index is 11.9. The number of thiophene rings is 1. The summed E-state index contributed by atoms with van der Waals surface area (Å²) < 4.78 is 22.5. The van der Waals surface area contributed by atoms with Gasteiger partial charge in [-0.3, -0.25) is 4.79 Å². The lowest BCUT2D eigenvalue weighted by atomic mass is 10.2. The van der Waals surface area contributed by atoms with Gasteiger partial charge in [0.2, 0.25) is 0 Å². The van der Waals surface area contributed by atoms with Gasteiger partial charge in [0.05, 0.1) is 4.88 Å². The molecule has 15 heavy (non-hydrogen) atoms. The van der Waals surface area contributed by atoms with Crippen molar-refractivity contribution in [2.45, 2.75) is 26.0 Å². The molecule has 0 fully saturated rings. The van der Waals surface area contributed by atoms with Crippen molar-refractivity contribution >= 4 is 27.0 Å². The largest absolute Gasteiger partial charge is 0.292 e. The summed E-state index contributed by atoms with van der Waals surface area (Å²) in [6.07, 6.45) is 1.09. The van der Waals surface area contributed by atoms with E-state index in [1.807, 2.05) is 19.9 Å². The second kappa shape index (κ2) is 4.06. The van der Waals surface area contributed by atoms with Crippen LogP contribution in [0.25, 0.3) is 0 Å². The summed E-state index contributed by atoms with van der Waals surface area (Å²) in [5.41, 5.74) is 0.859. The molecule has 0 aromatic carbocycles. The molecule has 0 saturated carbocycles. The molecule has 0 aliphatic heterocycles. The minimum absolute atomic E-state index is 0.298. The number of Topliss-reactive ketones (excluding diaryl/α,β-unsaturated/α-hetero) is 1. The maximum Gasteiger partial charge on any atom is 0.190 e. The summed E-state index contributed by atoms with van der Waals surface area (Å²) in [6.45, 7) is 5.16. The molecule has 0 spiro atoms. The quantitative estimate of drug-likeness (QED) is 0.766. The molecule has 0 saturated heterocycles. The standard InChI is InChI=1S/C10H14O3S2/c1-6-5-7(2)14-10(6)9(11)8(3)15(4,12)13/h5,8H,1-4H3. The van der Waals surface area contributed by atoms with E-state index in [0.29, 0.717) is 4.88 Å². The third-order valence-electron chi connectivity index (χ3n) is 2.28. The Balaban J connectivity index is 3.11. The molecule has 0 radical (unpaired) electrons. The molecule has 0 aliphatic rings. The Labute approximate surface area is 94.0 Å². The first-order valence-corrected chi connectivity index (χ1v) is 7.30. The van der Waals surface area contributed by atoms with Gasteiger partial charge in [-0.25, -0.2) is 8.42 Å². The summed E-state index contributed by atoms with van der Waals surface area (Å²) in [5, 5.41) is -0.950. The average molecular weight is 246 g/mol. The van der Waals surface area contributed by atoms with Crippen LogP contribution in [0, 0.1) is 13.8 Å². The van der Waals surface area contributed by atoms with Crippen LogP contribution < -0.4 is 0 Å². The van der Waals surface area contributed by atoms with Crippen molar-refractivity contribution < 1.29 is 13.2 Å². The zero-order chi connectivity index (χ0) is 11.8. The molecular formula is C10H14O3S2. The van der Waals surface area contributed by atoms with E-state index >= 15 is 0 Å². The van der Waals surface area contributed by atoms with Crippen molar-refractivity contribution in [1.29, 1.82) is 0 Å². The highest BCUT2D eigenvalue weighted by Crippen LogP contribution is 2.23. The van der Waals surface area contributed by atoms with Crippen LogP contribution in [0.4, 0.5) is 0 Å². The fourth-order valence-corrected chi connectivity index (χ4v) is 2.90.